The van der Waals surface area contributed by atoms with Crippen molar-refractivity contribution in [3.63, 3.8) is 0 Å². The molecule has 4 N–H and O–H groups in total. The number of rotatable bonds is 6. The number of nitrogens with zero attached hydrogens (tertiary/aromatic N) is 2. The number of aliphatic hydroxyl groups excluding tert-OH is 1. The Morgan fingerprint density at radius 3 is 2.63 bits per heavy atom. The van der Waals surface area contributed by atoms with Gasteiger partial charge >= 0.3 is 0 Å². The van der Waals surface area contributed by atoms with Gasteiger partial charge in [-0.05, 0) is 62.3 Å². The van der Waals surface area contributed by atoms with E-state index in [1.807, 2.05) is 0 Å². The average molecular weight is 606 g/mol. The van der Waals surface area contributed by atoms with E-state index in [0.29, 0.717) is 5.95 Å². The van der Waals surface area contributed by atoms with Gasteiger partial charge in [-0.2, -0.15) is 0 Å². The van der Waals surface area contributed by atoms with Crippen LogP contribution in [-0.4, -0.2) is 49.2 Å². The van der Waals surface area contributed by atoms with Crippen molar-refractivity contribution in [2.75, 3.05) is 29.7 Å². The van der Waals surface area contributed by atoms with E-state index in [4.69, 9.17) is 16.3 Å². The van der Waals surface area contributed by atoms with Crippen LogP contribution in [0.4, 0.5) is 24.8 Å². The van der Waals surface area contributed by atoms with Gasteiger partial charge in [-0.25, -0.2) is 31.6 Å². The normalized spacial score (nSPS) is 17.3. The average Bonchev–Trinajstić information content (AvgIpc) is 3.31. The molecule has 0 aliphatic carbocycles. The highest BCUT2D eigenvalue weighted by Gasteiger charge is 2.32. The minimum atomic E-state index is -4.54. The maximum Gasteiger partial charge on any atom is 0.265 e. The smallest absolute Gasteiger partial charge is 0.265 e. The summed E-state index contributed by atoms with van der Waals surface area (Å²) in [4.78, 5) is 8.09. The fraction of sp³-hybridized carbons (Fsp3) is 0.259. The molecule has 0 amide bonds. The third-order valence-corrected chi connectivity index (χ3v) is 8.65. The monoisotopic (exact) mass is 605 g/mol. The van der Waals surface area contributed by atoms with Gasteiger partial charge in [0.25, 0.3) is 10.0 Å². The molecule has 214 valence electrons. The predicted octanol–water partition coefficient (Wildman–Crippen LogP) is 4.76. The Morgan fingerprint density at radius 1 is 1.07 bits per heavy atom. The fourth-order valence-corrected chi connectivity index (χ4v) is 6.55. The molecule has 0 bridgehead atoms. The molecule has 1 saturated heterocycles. The lowest BCUT2D eigenvalue weighted by Gasteiger charge is -2.23. The number of piperidine rings is 1. The molecule has 0 saturated carbocycles. The summed E-state index contributed by atoms with van der Waals surface area (Å²) in [5, 5.41) is 16.5. The molecule has 2 aliphatic rings. The Balaban J connectivity index is 1.35. The molecule has 0 spiro atoms. The number of hydrogen-bond acceptors (Lipinski definition) is 8. The van der Waals surface area contributed by atoms with Gasteiger partial charge in [-0.1, -0.05) is 11.6 Å². The summed E-state index contributed by atoms with van der Waals surface area (Å²) in [5.41, 5.74) is -1.46. The number of aliphatic hydroxyl groups is 1. The molecule has 9 nitrogen and oxygen atoms in total. The molecule has 1 aromatic heterocycles. The Bertz CT molecular complexity index is 1790. The molecule has 4 aromatic rings. The molecular formula is C27H23ClF3N5O4S. The fourth-order valence-electron chi connectivity index (χ4n) is 5.00. The lowest BCUT2D eigenvalue weighted by molar-refractivity contribution is 0.140. The summed E-state index contributed by atoms with van der Waals surface area (Å²) in [6.07, 6.45) is 1.90. The van der Waals surface area contributed by atoms with Crippen LogP contribution in [0.5, 0.6) is 5.75 Å². The van der Waals surface area contributed by atoms with Crippen LogP contribution in [0.15, 0.2) is 47.5 Å². The second kappa shape index (κ2) is 10.6. The maximum absolute atomic E-state index is 15.7. The molecule has 1 unspecified atom stereocenters. The number of benzene rings is 3. The Hall–Kier alpha value is -3.65. The van der Waals surface area contributed by atoms with Crippen LogP contribution in [0.1, 0.15) is 24.5 Å². The first-order valence-electron chi connectivity index (χ1n) is 12.7. The molecule has 6 rings (SSSR count). The zero-order valence-electron chi connectivity index (χ0n) is 21.2. The van der Waals surface area contributed by atoms with Gasteiger partial charge in [0.15, 0.2) is 5.82 Å². The number of halogens is 4. The van der Waals surface area contributed by atoms with Gasteiger partial charge in [0.1, 0.15) is 35.0 Å². The number of sulfonamides is 1. The van der Waals surface area contributed by atoms with Crippen LogP contribution in [0.2, 0.25) is 5.02 Å². The van der Waals surface area contributed by atoms with Crippen molar-refractivity contribution >= 4 is 44.2 Å². The summed E-state index contributed by atoms with van der Waals surface area (Å²) in [6, 6.07) is 6.91. The van der Waals surface area contributed by atoms with Crippen molar-refractivity contribution in [1.82, 2.24) is 15.3 Å². The van der Waals surface area contributed by atoms with Crippen LogP contribution >= 0.6 is 11.6 Å². The Morgan fingerprint density at radius 2 is 1.85 bits per heavy atom. The zero-order valence-corrected chi connectivity index (χ0v) is 22.8. The largest absolute Gasteiger partial charge is 0.489 e. The van der Waals surface area contributed by atoms with Crippen molar-refractivity contribution in [2.24, 2.45) is 0 Å². The molecule has 41 heavy (non-hydrogen) atoms. The summed E-state index contributed by atoms with van der Waals surface area (Å²) >= 11 is 6.04. The standard InChI is InChI=1S/C27H23ClF3N5O4S/c28-13-9-16-21(37)12-40-26(16)22(10-13)41(38,39)36-20-4-2-18(29)23(25(20)31)15-1-3-19-17(24(15)30)11-33-27(35-19)34-14-5-7-32-8-6-14/h1-4,9-11,14,21,32,36-37H,5-8,12H2,(H,33,34,35). The molecule has 3 aromatic carbocycles. The van der Waals surface area contributed by atoms with Crippen molar-refractivity contribution in [2.45, 2.75) is 29.9 Å². The SMILES string of the molecule is O=S(=O)(Nc1ccc(F)c(-c2ccc3nc(NC4CCNCC4)ncc3c2F)c1F)c1cc(Cl)cc2c1OCC2O. The van der Waals surface area contributed by atoms with Crippen LogP contribution < -0.4 is 20.1 Å². The quantitative estimate of drug-likeness (QED) is 0.248. The van der Waals surface area contributed by atoms with Crippen LogP contribution in [0, 0.1) is 17.5 Å². The second-order valence-corrected chi connectivity index (χ2v) is 11.8. The van der Waals surface area contributed by atoms with Gasteiger partial charge < -0.3 is 20.5 Å². The summed E-state index contributed by atoms with van der Waals surface area (Å²) in [5.74, 6) is -3.23. The minimum absolute atomic E-state index is 0.00324. The first-order valence-corrected chi connectivity index (χ1v) is 14.6. The third kappa shape index (κ3) is 5.14. The van der Waals surface area contributed by atoms with Crippen LogP contribution in [0.25, 0.3) is 22.0 Å². The molecule has 0 radical (unpaired) electrons. The highest BCUT2D eigenvalue weighted by Crippen LogP contribution is 2.41. The number of anilines is 2. The van der Waals surface area contributed by atoms with Crippen molar-refractivity contribution in [1.29, 1.82) is 0 Å². The van der Waals surface area contributed by atoms with Crippen LogP contribution in [0.3, 0.4) is 0 Å². The number of ether oxygens (including phenoxy) is 1. The van der Waals surface area contributed by atoms with E-state index in [9.17, 15) is 17.9 Å². The Labute approximate surface area is 237 Å². The zero-order chi connectivity index (χ0) is 28.9. The summed E-state index contributed by atoms with van der Waals surface area (Å²) < 4.78 is 80.1. The van der Waals surface area contributed by atoms with Crippen molar-refractivity contribution < 1.29 is 31.4 Å². The van der Waals surface area contributed by atoms with Gasteiger partial charge in [-0.15, -0.1) is 0 Å². The number of fused-ring (bicyclic) bond motifs is 2. The number of hydrogen-bond donors (Lipinski definition) is 4. The van der Waals surface area contributed by atoms with Gasteiger partial charge in [0.05, 0.1) is 22.2 Å². The van der Waals surface area contributed by atoms with Crippen LogP contribution in [-0.2, 0) is 10.0 Å². The van der Waals surface area contributed by atoms with E-state index < -0.39 is 55.3 Å². The molecule has 2 aliphatic heterocycles. The van der Waals surface area contributed by atoms with E-state index in [1.54, 1.807) is 0 Å². The second-order valence-electron chi connectivity index (χ2n) is 9.76. The lowest BCUT2D eigenvalue weighted by Crippen LogP contribution is -2.35. The van der Waals surface area contributed by atoms with Gasteiger partial charge in [0.2, 0.25) is 5.95 Å². The highest BCUT2D eigenvalue weighted by atomic mass is 35.5. The third-order valence-electron chi connectivity index (χ3n) is 7.06. The van der Waals surface area contributed by atoms with Gasteiger partial charge in [-0.3, -0.25) is 4.72 Å². The first kappa shape index (κ1) is 27.5. The first-order chi connectivity index (χ1) is 19.6. The van der Waals surface area contributed by atoms with Crippen molar-refractivity contribution in [3.05, 3.63) is 70.6 Å². The molecule has 3 heterocycles. The topological polar surface area (TPSA) is 125 Å². The number of nitrogens with one attached hydrogen (secondary N) is 3. The molecule has 1 fully saturated rings. The van der Waals surface area contributed by atoms with E-state index >= 15 is 8.78 Å². The van der Waals surface area contributed by atoms with E-state index in [1.165, 1.54) is 24.4 Å². The predicted molar refractivity (Wildman–Crippen MR) is 147 cm³/mol. The van der Waals surface area contributed by atoms with E-state index in [-0.39, 0.29) is 39.9 Å². The van der Waals surface area contributed by atoms with E-state index in [0.717, 1.165) is 44.1 Å². The molecule has 1 atom stereocenters. The molecule has 14 heteroatoms. The van der Waals surface area contributed by atoms with Crippen molar-refractivity contribution in [3.8, 4) is 16.9 Å². The molecular weight excluding hydrogens is 583 g/mol. The highest BCUT2D eigenvalue weighted by molar-refractivity contribution is 7.92. The Kier molecular flexibility index (Phi) is 7.14. The summed E-state index contributed by atoms with van der Waals surface area (Å²) in [6.45, 7) is 1.52. The lowest BCUT2D eigenvalue weighted by atomic mass is 10.0. The maximum atomic E-state index is 15.7. The number of aromatic nitrogens is 2. The summed E-state index contributed by atoms with van der Waals surface area (Å²) in [7, 11) is -4.54. The van der Waals surface area contributed by atoms with Gasteiger partial charge in [0, 0.05) is 28.4 Å². The minimum Gasteiger partial charge on any atom is -0.489 e. The van der Waals surface area contributed by atoms with E-state index in [2.05, 4.69) is 25.3 Å².